The maximum absolute atomic E-state index is 4.50. The largest absolute Gasteiger partial charge is 0.365 e. The first-order chi connectivity index (χ1) is 12.2. The first kappa shape index (κ1) is 16.8. The molecule has 0 aromatic carbocycles. The summed E-state index contributed by atoms with van der Waals surface area (Å²) in [5.74, 6) is 0.984. The van der Waals surface area contributed by atoms with E-state index in [1.807, 2.05) is 10.7 Å². The minimum absolute atomic E-state index is 0.529. The molecule has 1 N–H and O–H groups in total. The zero-order chi connectivity index (χ0) is 17.2. The van der Waals surface area contributed by atoms with Crippen LogP contribution in [0, 0.1) is 6.92 Å². The average molecular weight is 342 g/mol. The summed E-state index contributed by atoms with van der Waals surface area (Å²) in [6.07, 6.45) is 8.71. The van der Waals surface area contributed by atoms with E-state index < -0.39 is 0 Å². The van der Waals surface area contributed by atoms with Crippen molar-refractivity contribution in [3.8, 4) is 0 Å². The molecule has 2 aliphatic rings. The first-order valence-corrected chi connectivity index (χ1v) is 9.76. The van der Waals surface area contributed by atoms with Gasteiger partial charge in [-0.3, -0.25) is 4.90 Å². The molecule has 25 heavy (non-hydrogen) atoms. The van der Waals surface area contributed by atoms with Crippen molar-refractivity contribution >= 4 is 11.3 Å². The summed E-state index contributed by atoms with van der Waals surface area (Å²) in [5, 5.41) is 7.99. The lowest BCUT2D eigenvalue weighted by Crippen LogP contribution is -2.51. The van der Waals surface area contributed by atoms with E-state index in [4.69, 9.17) is 0 Å². The van der Waals surface area contributed by atoms with E-state index in [0.29, 0.717) is 6.04 Å². The Kier molecular flexibility index (Phi) is 4.90. The van der Waals surface area contributed by atoms with Gasteiger partial charge in [0.05, 0.1) is 0 Å². The fourth-order valence-corrected chi connectivity index (χ4v) is 4.44. The van der Waals surface area contributed by atoms with E-state index in [-0.39, 0.29) is 0 Å². The quantitative estimate of drug-likeness (QED) is 0.925. The van der Waals surface area contributed by atoms with Gasteiger partial charge in [-0.05, 0) is 50.8 Å². The monoisotopic (exact) mass is 342 g/mol. The zero-order valence-corrected chi connectivity index (χ0v) is 15.5. The number of nitrogens with one attached hydrogen (secondary N) is 1. The molecule has 0 unspecified atom stereocenters. The predicted octanol–water partition coefficient (Wildman–Crippen LogP) is 2.40. The van der Waals surface area contributed by atoms with Gasteiger partial charge in [-0.15, -0.1) is 0 Å². The van der Waals surface area contributed by atoms with E-state index in [2.05, 4.69) is 45.1 Å². The molecule has 0 spiro atoms. The molecule has 2 aromatic rings. The van der Waals surface area contributed by atoms with Gasteiger partial charge < -0.3 is 10.2 Å². The highest BCUT2D eigenvalue weighted by molar-refractivity contribution is 5.71. The lowest BCUT2D eigenvalue weighted by atomic mass is 9.89. The van der Waals surface area contributed by atoms with Crippen LogP contribution >= 0.6 is 0 Å². The zero-order valence-electron chi connectivity index (χ0n) is 15.5. The Morgan fingerprint density at radius 1 is 1.12 bits per heavy atom. The summed E-state index contributed by atoms with van der Waals surface area (Å²) in [4.78, 5) is 9.79. The second-order valence-electron chi connectivity index (χ2n) is 7.52. The third kappa shape index (κ3) is 3.51. The summed E-state index contributed by atoms with van der Waals surface area (Å²) in [6, 6.07) is 3.40. The minimum Gasteiger partial charge on any atom is -0.365 e. The number of nitrogens with zero attached hydrogens (tertiary/aromatic N) is 5. The number of piperazine rings is 1. The van der Waals surface area contributed by atoms with Crippen LogP contribution in [0.1, 0.15) is 38.2 Å². The summed E-state index contributed by atoms with van der Waals surface area (Å²) >= 11 is 0. The lowest BCUT2D eigenvalue weighted by molar-refractivity contribution is 0.0800. The Balaban J connectivity index is 1.34. The van der Waals surface area contributed by atoms with Crippen LogP contribution in [-0.4, -0.2) is 69.2 Å². The van der Waals surface area contributed by atoms with E-state index in [9.17, 15) is 0 Å². The van der Waals surface area contributed by atoms with Gasteiger partial charge in [0.15, 0.2) is 5.82 Å². The molecule has 6 heteroatoms. The Hall–Kier alpha value is -1.66. The van der Waals surface area contributed by atoms with Crippen molar-refractivity contribution in [2.24, 2.45) is 0 Å². The molecule has 6 nitrogen and oxygen atoms in total. The first-order valence-electron chi connectivity index (χ1n) is 9.76. The van der Waals surface area contributed by atoms with Crippen molar-refractivity contribution in [2.45, 2.75) is 51.6 Å². The Bertz CT molecular complexity index is 695. The van der Waals surface area contributed by atoms with Crippen LogP contribution in [0.25, 0.3) is 5.52 Å². The molecule has 1 saturated heterocycles. The maximum Gasteiger partial charge on any atom is 0.154 e. The number of rotatable bonds is 4. The minimum atomic E-state index is 0.529. The van der Waals surface area contributed by atoms with Crippen molar-refractivity contribution in [3.05, 3.63) is 24.2 Å². The second kappa shape index (κ2) is 7.30. The standard InChI is InChI=1S/C19H30N6/c1-3-23-10-12-24(13-11-23)17-6-4-16(5-7-17)22-19-18-15(2)8-9-25(18)21-14-20-19/h8-9,14,16-17H,3-7,10-13H2,1-2H3,(H,20,21,22). The van der Waals surface area contributed by atoms with Gasteiger partial charge in [0.25, 0.3) is 0 Å². The van der Waals surface area contributed by atoms with Crippen LogP contribution in [-0.2, 0) is 0 Å². The number of aryl methyl sites for hydroxylation is 1. The van der Waals surface area contributed by atoms with E-state index in [1.165, 1.54) is 64.0 Å². The lowest BCUT2D eigenvalue weighted by Gasteiger charge is -2.42. The molecule has 3 heterocycles. The number of hydrogen-bond acceptors (Lipinski definition) is 5. The van der Waals surface area contributed by atoms with Gasteiger partial charge in [-0.1, -0.05) is 6.92 Å². The molecule has 136 valence electrons. The van der Waals surface area contributed by atoms with Gasteiger partial charge in [0, 0.05) is 44.5 Å². The molecule has 1 saturated carbocycles. The van der Waals surface area contributed by atoms with Gasteiger partial charge in [-0.2, -0.15) is 5.10 Å². The van der Waals surface area contributed by atoms with Crippen LogP contribution in [0.4, 0.5) is 5.82 Å². The number of aromatic nitrogens is 3. The van der Waals surface area contributed by atoms with Crippen molar-refractivity contribution in [1.82, 2.24) is 24.4 Å². The van der Waals surface area contributed by atoms with E-state index in [0.717, 1.165) is 17.4 Å². The third-order valence-electron chi connectivity index (χ3n) is 6.06. The molecule has 2 fully saturated rings. The fourth-order valence-electron chi connectivity index (χ4n) is 4.44. The molecule has 0 radical (unpaired) electrons. The highest BCUT2D eigenvalue weighted by Crippen LogP contribution is 2.27. The van der Waals surface area contributed by atoms with Crippen LogP contribution in [0.2, 0.25) is 0 Å². The van der Waals surface area contributed by atoms with Crippen molar-refractivity contribution in [2.75, 3.05) is 38.0 Å². The normalized spacial score (nSPS) is 26.2. The maximum atomic E-state index is 4.50. The Labute approximate surface area is 150 Å². The highest BCUT2D eigenvalue weighted by Gasteiger charge is 2.28. The number of hydrogen-bond donors (Lipinski definition) is 1. The Morgan fingerprint density at radius 2 is 1.88 bits per heavy atom. The highest BCUT2D eigenvalue weighted by atomic mass is 15.3. The van der Waals surface area contributed by atoms with Crippen LogP contribution < -0.4 is 5.32 Å². The predicted molar refractivity (Wildman–Crippen MR) is 101 cm³/mol. The molecular formula is C19H30N6. The van der Waals surface area contributed by atoms with Crippen molar-refractivity contribution in [3.63, 3.8) is 0 Å². The topological polar surface area (TPSA) is 48.7 Å². The summed E-state index contributed by atoms with van der Waals surface area (Å²) in [5.41, 5.74) is 2.34. The number of anilines is 1. The van der Waals surface area contributed by atoms with E-state index >= 15 is 0 Å². The smallest absolute Gasteiger partial charge is 0.154 e. The van der Waals surface area contributed by atoms with Crippen molar-refractivity contribution in [1.29, 1.82) is 0 Å². The average Bonchev–Trinajstić information content (AvgIpc) is 3.05. The van der Waals surface area contributed by atoms with Gasteiger partial charge in [0.2, 0.25) is 0 Å². The van der Waals surface area contributed by atoms with Crippen molar-refractivity contribution < 1.29 is 0 Å². The molecule has 1 aliphatic heterocycles. The molecule has 0 atom stereocenters. The molecule has 0 bridgehead atoms. The number of likely N-dealkylation sites (N-methyl/N-ethyl adjacent to an activating group) is 1. The molecular weight excluding hydrogens is 312 g/mol. The van der Waals surface area contributed by atoms with Crippen LogP contribution in [0.15, 0.2) is 18.6 Å². The molecule has 0 amide bonds. The fraction of sp³-hybridized carbons (Fsp3) is 0.684. The molecule has 1 aliphatic carbocycles. The number of fused-ring (bicyclic) bond motifs is 1. The van der Waals surface area contributed by atoms with Crippen LogP contribution in [0.3, 0.4) is 0 Å². The van der Waals surface area contributed by atoms with Gasteiger partial charge >= 0.3 is 0 Å². The molecule has 2 aromatic heterocycles. The summed E-state index contributed by atoms with van der Waals surface area (Å²) in [7, 11) is 0. The van der Waals surface area contributed by atoms with Crippen LogP contribution in [0.5, 0.6) is 0 Å². The SMILES string of the molecule is CCN1CCN(C2CCC(Nc3ncnn4ccc(C)c34)CC2)CC1. The van der Waals surface area contributed by atoms with Gasteiger partial charge in [-0.25, -0.2) is 9.50 Å². The summed E-state index contributed by atoms with van der Waals surface area (Å²) < 4.78 is 1.92. The molecule has 4 rings (SSSR count). The summed E-state index contributed by atoms with van der Waals surface area (Å²) in [6.45, 7) is 10.5. The van der Waals surface area contributed by atoms with Gasteiger partial charge in [0.1, 0.15) is 11.8 Å². The Morgan fingerprint density at radius 3 is 2.60 bits per heavy atom. The third-order valence-corrected chi connectivity index (χ3v) is 6.06. The van der Waals surface area contributed by atoms with E-state index in [1.54, 1.807) is 6.33 Å². The second-order valence-corrected chi connectivity index (χ2v) is 7.52.